The Morgan fingerprint density at radius 2 is 1.88 bits per heavy atom. The Morgan fingerprint density at radius 1 is 1.08 bits per heavy atom. The summed E-state index contributed by atoms with van der Waals surface area (Å²) in [6, 6.07) is 12.7. The van der Waals surface area contributed by atoms with Crippen LogP contribution >= 0.6 is 0 Å². The smallest absolute Gasteiger partial charge is 0.268 e. The van der Waals surface area contributed by atoms with Crippen molar-refractivity contribution in [2.75, 3.05) is 18.2 Å². The summed E-state index contributed by atoms with van der Waals surface area (Å²) in [5.41, 5.74) is 0.228. The lowest BCUT2D eigenvalue weighted by atomic mass is 9.87. The number of hydrogen-bond acceptors (Lipinski definition) is 4. The number of anilines is 1. The predicted molar refractivity (Wildman–Crippen MR) is 98.5 cm³/mol. The van der Waals surface area contributed by atoms with Gasteiger partial charge in [-0.1, -0.05) is 50.5 Å². The number of unbranched alkanes of at least 4 members (excludes halogenated alkanes) is 3. The van der Waals surface area contributed by atoms with Crippen LogP contribution < -0.4 is 14.4 Å². The fourth-order valence-corrected chi connectivity index (χ4v) is 3.75. The summed E-state index contributed by atoms with van der Waals surface area (Å²) in [6.07, 6.45) is 4.29. The molecule has 2 heterocycles. The van der Waals surface area contributed by atoms with Gasteiger partial charge in [0.05, 0.1) is 5.69 Å². The number of aliphatic hydroxyl groups is 1. The highest BCUT2D eigenvalue weighted by Gasteiger charge is 2.51. The van der Waals surface area contributed by atoms with Crippen LogP contribution in [0.1, 0.15) is 43.7 Å². The van der Waals surface area contributed by atoms with Gasteiger partial charge in [0.25, 0.3) is 5.91 Å². The molecule has 0 fully saturated rings. The number of ether oxygens (including phenoxy) is 2. The number of hydrogen-bond donors (Lipinski definition) is 1. The number of carbonyl (C=O) groups is 1. The van der Waals surface area contributed by atoms with Crippen molar-refractivity contribution in [3.63, 3.8) is 0 Å². The first-order valence-electron chi connectivity index (χ1n) is 9.20. The minimum Gasteiger partial charge on any atom is -0.454 e. The largest absolute Gasteiger partial charge is 0.454 e. The van der Waals surface area contributed by atoms with Gasteiger partial charge in [-0.15, -0.1) is 0 Å². The molecule has 0 aliphatic carbocycles. The lowest BCUT2D eigenvalue weighted by Gasteiger charge is -2.24. The number of amides is 1. The van der Waals surface area contributed by atoms with Gasteiger partial charge in [0.2, 0.25) is 6.79 Å². The fourth-order valence-electron chi connectivity index (χ4n) is 3.75. The molecule has 5 nitrogen and oxygen atoms in total. The van der Waals surface area contributed by atoms with Crippen LogP contribution in [0.15, 0.2) is 42.5 Å². The first-order chi connectivity index (χ1) is 12.7. The summed E-state index contributed by atoms with van der Waals surface area (Å²) < 4.78 is 10.8. The molecule has 0 bridgehead atoms. The third kappa shape index (κ3) is 2.54. The van der Waals surface area contributed by atoms with Crippen molar-refractivity contribution in [2.45, 2.75) is 38.2 Å². The third-order valence-corrected chi connectivity index (χ3v) is 5.16. The summed E-state index contributed by atoms with van der Waals surface area (Å²) in [6.45, 7) is 2.93. The van der Waals surface area contributed by atoms with Crippen LogP contribution in [0.25, 0.3) is 0 Å². The molecule has 0 spiro atoms. The Bertz CT molecular complexity index is 835. The van der Waals surface area contributed by atoms with Crippen molar-refractivity contribution in [3.8, 4) is 11.5 Å². The molecular formula is C21H23NO4. The minimum absolute atomic E-state index is 0.158. The molecule has 0 aromatic heterocycles. The molecule has 0 saturated heterocycles. The summed E-state index contributed by atoms with van der Waals surface area (Å²) in [7, 11) is 0. The average Bonchev–Trinajstić information content (AvgIpc) is 3.22. The molecular weight excluding hydrogens is 330 g/mol. The van der Waals surface area contributed by atoms with Crippen molar-refractivity contribution in [3.05, 3.63) is 53.6 Å². The van der Waals surface area contributed by atoms with Gasteiger partial charge in [-0.25, -0.2) is 0 Å². The first-order valence-corrected chi connectivity index (χ1v) is 9.20. The predicted octanol–water partition coefficient (Wildman–Crippen LogP) is 3.58. The lowest BCUT2D eigenvalue weighted by molar-refractivity contribution is -0.132. The lowest BCUT2D eigenvalue weighted by Crippen LogP contribution is -2.41. The molecule has 1 atom stereocenters. The summed E-state index contributed by atoms with van der Waals surface area (Å²) in [4.78, 5) is 15.0. The number of benzene rings is 2. The monoisotopic (exact) mass is 353 g/mol. The number of rotatable bonds is 6. The molecule has 2 aliphatic rings. The third-order valence-electron chi connectivity index (χ3n) is 5.16. The van der Waals surface area contributed by atoms with Crippen LogP contribution in [0.3, 0.4) is 0 Å². The molecule has 4 rings (SSSR count). The van der Waals surface area contributed by atoms with E-state index < -0.39 is 5.60 Å². The molecule has 0 saturated carbocycles. The fraction of sp³-hybridized carbons (Fsp3) is 0.381. The van der Waals surface area contributed by atoms with Crippen LogP contribution in [-0.2, 0) is 10.4 Å². The van der Waals surface area contributed by atoms with E-state index >= 15 is 0 Å². The molecule has 5 heteroatoms. The number of fused-ring (bicyclic) bond motifs is 2. The maximum Gasteiger partial charge on any atom is 0.268 e. The number of carbonyl (C=O) groups excluding carboxylic acids is 1. The zero-order valence-electron chi connectivity index (χ0n) is 14.9. The summed E-state index contributed by atoms with van der Waals surface area (Å²) in [5, 5.41) is 11.5. The minimum atomic E-state index is -1.69. The van der Waals surface area contributed by atoms with Crippen LogP contribution in [0, 0.1) is 0 Å². The van der Waals surface area contributed by atoms with Crippen LogP contribution in [0.5, 0.6) is 11.5 Å². The second-order valence-corrected chi connectivity index (χ2v) is 6.81. The molecule has 26 heavy (non-hydrogen) atoms. The van der Waals surface area contributed by atoms with E-state index in [0.29, 0.717) is 29.2 Å². The molecule has 2 aromatic rings. The SMILES string of the molecule is CCCCCCN1C(=O)C(O)(c2ccc3c(c2)OCO3)c2ccccc21. The van der Waals surface area contributed by atoms with Gasteiger partial charge >= 0.3 is 0 Å². The van der Waals surface area contributed by atoms with Crippen molar-refractivity contribution in [1.29, 1.82) is 0 Å². The zero-order chi connectivity index (χ0) is 18.1. The molecule has 1 N–H and O–H groups in total. The molecule has 2 aromatic carbocycles. The highest BCUT2D eigenvalue weighted by Crippen LogP contribution is 2.46. The van der Waals surface area contributed by atoms with Gasteiger partial charge in [0, 0.05) is 17.7 Å². The van der Waals surface area contributed by atoms with Gasteiger partial charge in [0.15, 0.2) is 17.1 Å². The quantitative estimate of drug-likeness (QED) is 0.807. The van der Waals surface area contributed by atoms with Crippen LogP contribution in [0.2, 0.25) is 0 Å². The molecule has 0 radical (unpaired) electrons. The second-order valence-electron chi connectivity index (χ2n) is 6.81. The van der Waals surface area contributed by atoms with Crippen LogP contribution in [0.4, 0.5) is 5.69 Å². The van der Waals surface area contributed by atoms with Gasteiger partial charge in [-0.3, -0.25) is 4.79 Å². The Labute approximate surface area is 153 Å². The van der Waals surface area contributed by atoms with Gasteiger partial charge in [0.1, 0.15) is 0 Å². The second kappa shape index (κ2) is 6.65. The van der Waals surface area contributed by atoms with E-state index in [2.05, 4.69) is 6.92 Å². The Hall–Kier alpha value is -2.53. The Kier molecular flexibility index (Phi) is 4.32. The van der Waals surface area contributed by atoms with E-state index in [1.807, 2.05) is 24.3 Å². The zero-order valence-corrected chi connectivity index (χ0v) is 14.9. The Balaban J connectivity index is 1.71. The number of nitrogens with zero attached hydrogens (tertiary/aromatic N) is 1. The van der Waals surface area contributed by atoms with E-state index in [1.165, 1.54) is 0 Å². The summed E-state index contributed by atoms with van der Waals surface area (Å²) >= 11 is 0. The Morgan fingerprint density at radius 3 is 2.73 bits per heavy atom. The first kappa shape index (κ1) is 16.9. The van der Waals surface area contributed by atoms with Gasteiger partial charge in [-0.2, -0.15) is 0 Å². The van der Waals surface area contributed by atoms with Crippen molar-refractivity contribution in [2.24, 2.45) is 0 Å². The van der Waals surface area contributed by atoms with E-state index in [1.54, 1.807) is 23.1 Å². The van der Waals surface area contributed by atoms with Crippen molar-refractivity contribution < 1.29 is 19.4 Å². The van der Waals surface area contributed by atoms with E-state index in [9.17, 15) is 9.90 Å². The van der Waals surface area contributed by atoms with E-state index in [4.69, 9.17) is 9.47 Å². The maximum atomic E-state index is 13.3. The molecule has 1 unspecified atom stereocenters. The average molecular weight is 353 g/mol. The van der Waals surface area contributed by atoms with Crippen molar-refractivity contribution >= 4 is 11.6 Å². The highest BCUT2D eigenvalue weighted by molar-refractivity contribution is 6.09. The standard InChI is InChI=1S/C21H23NO4/c1-2-3-4-7-12-22-17-9-6-5-8-16(17)21(24,20(22)23)15-10-11-18-19(13-15)26-14-25-18/h5-6,8-11,13,24H,2-4,7,12,14H2,1H3. The normalized spacial score (nSPS) is 20.5. The van der Waals surface area contributed by atoms with Crippen molar-refractivity contribution in [1.82, 2.24) is 0 Å². The van der Waals surface area contributed by atoms with E-state index in [-0.39, 0.29) is 12.7 Å². The molecule has 2 aliphatic heterocycles. The highest BCUT2D eigenvalue weighted by atomic mass is 16.7. The molecule has 136 valence electrons. The number of para-hydroxylation sites is 1. The maximum absolute atomic E-state index is 13.3. The van der Waals surface area contributed by atoms with Gasteiger partial charge in [-0.05, 0) is 24.6 Å². The van der Waals surface area contributed by atoms with E-state index in [0.717, 1.165) is 31.4 Å². The topological polar surface area (TPSA) is 59.0 Å². The summed E-state index contributed by atoms with van der Waals surface area (Å²) in [5.74, 6) is 0.893. The molecule has 1 amide bonds. The van der Waals surface area contributed by atoms with Crippen LogP contribution in [-0.4, -0.2) is 24.4 Å². The van der Waals surface area contributed by atoms with Gasteiger partial charge < -0.3 is 19.5 Å².